The quantitative estimate of drug-likeness (QED) is 0.530. The maximum absolute atomic E-state index is 5.70. The zero-order valence-corrected chi connectivity index (χ0v) is 6.45. The number of hydrogen-bond donors (Lipinski definition) is 2. The number of nitrogens with two attached hydrogens (primary N) is 2. The highest BCUT2D eigenvalue weighted by atomic mass is 16.5. The molecule has 3 nitrogen and oxygen atoms in total. The van der Waals surface area contributed by atoms with E-state index >= 15 is 0 Å². The molecule has 60 valence electrons. The Kier molecular flexibility index (Phi) is 2.33. The summed E-state index contributed by atoms with van der Waals surface area (Å²) < 4.78 is 4.82. The summed E-state index contributed by atoms with van der Waals surface area (Å²) in [6, 6.07) is -0.139. The topological polar surface area (TPSA) is 61.3 Å². The monoisotopic (exact) mass is 152 g/mol. The van der Waals surface area contributed by atoms with Crippen molar-refractivity contribution in [3.8, 4) is 0 Å². The van der Waals surface area contributed by atoms with Crippen LogP contribution in [0.3, 0.4) is 0 Å². The van der Waals surface area contributed by atoms with Crippen LogP contribution in [0.1, 0.15) is 0 Å². The number of rotatable bonds is 1. The van der Waals surface area contributed by atoms with E-state index in [2.05, 4.69) is 0 Å². The van der Waals surface area contributed by atoms with Crippen LogP contribution >= 0.6 is 0 Å². The first-order chi connectivity index (χ1) is 5.24. The van der Waals surface area contributed by atoms with Crippen LogP contribution in [0.5, 0.6) is 0 Å². The van der Waals surface area contributed by atoms with Crippen LogP contribution in [0.25, 0.3) is 0 Å². The van der Waals surface area contributed by atoms with E-state index in [1.54, 1.807) is 25.5 Å². The fourth-order valence-electron chi connectivity index (χ4n) is 0.917. The van der Waals surface area contributed by atoms with Crippen molar-refractivity contribution in [1.82, 2.24) is 0 Å². The van der Waals surface area contributed by atoms with Gasteiger partial charge in [-0.2, -0.15) is 0 Å². The molecule has 0 saturated carbocycles. The predicted molar refractivity (Wildman–Crippen MR) is 44.5 cm³/mol. The summed E-state index contributed by atoms with van der Waals surface area (Å²) in [6.45, 7) is 0. The molecule has 1 aliphatic rings. The third kappa shape index (κ3) is 1.85. The van der Waals surface area contributed by atoms with Gasteiger partial charge < -0.3 is 16.2 Å². The lowest BCUT2D eigenvalue weighted by Crippen LogP contribution is -2.23. The van der Waals surface area contributed by atoms with Gasteiger partial charge in [0.05, 0.1) is 19.4 Å². The second-order valence-corrected chi connectivity index (χ2v) is 2.38. The van der Waals surface area contributed by atoms with Gasteiger partial charge in [-0.3, -0.25) is 0 Å². The first-order valence-corrected chi connectivity index (χ1v) is 3.38. The zero-order chi connectivity index (χ0) is 8.27. The molecule has 0 bridgehead atoms. The number of ether oxygens (including phenoxy) is 1. The maximum atomic E-state index is 5.70. The van der Waals surface area contributed by atoms with Crippen molar-refractivity contribution in [2.45, 2.75) is 6.04 Å². The van der Waals surface area contributed by atoms with E-state index in [1.165, 1.54) is 0 Å². The second kappa shape index (κ2) is 3.25. The second-order valence-electron chi connectivity index (χ2n) is 2.38. The van der Waals surface area contributed by atoms with Crippen molar-refractivity contribution < 1.29 is 4.74 Å². The molecule has 0 spiro atoms. The largest absolute Gasteiger partial charge is 0.504 e. The minimum absolute atomic E-state index is 0.139. The summed E-state index contributed by atoms with van der Waals surface area (Å²) >= 11 is 0. The van der Waals surface area contributed by atoms with Gasteiger partial charge in [0.15, 0.2) is 0 Å². The summed E-state index contributed by atoms with van der Waals surface area (Å²) in [7, 11) is 1.59. The van der Waals surface area contributed by atoms with E-state index in [0.29, 0.717) is 5.70 Å². The Balaban J connectivity index is 2.77. The average Bonchev–Trinajstić information content (AvgIpc) is 1.95. The zero-order valence-electron chi connectivity index (χ0n) is 6.45. The Labute approximate surface area is 66.0 Å². The molecule has 0 aromatic carbocycles. The number of methoxy groups -OCH3 is 1. The molecule has 0 aromatic rings. The Morgan fingerprint density at radius 2 is 2.27 bits per heavy atom. The van der Waals surface area contributed by atoms with E-state index in [9.17, 15) is 0 Å². The molecule has 0 radical (unpaired) electrons. The average molecular weight is 152 g/mol. The first-order valence-electron chi connectivity index (χ1n) is 3.38. The SMILES string of the molecule is CO/C=C1/C=CC(N)=CC1N. The van der Waals surface area contributed by atoms with Gasteiger partial charge in [-0.25, -0.2) is 0 Å². The van der Waals surface area contributed by atoms with Crippen LogP contribution in [0, 0.1) is 0 Å². The minimum atomic E-state index is -0.139. The van der Waals surface area contributed by atoms with Crippen LogP contribution in [-0.2, 0) is 4.74 Å². The molecule has 1 atom stereocenters. The lowest BCUT2D eigenvalue weighted by molar-refractivity contribution is 0.333. The molecule has 1 rings (SSSR count). The Morgan fingerprint density at radius 1 is 1.55 bits per heavy atom. The molecule has 0 aliphatic heterocycles. The van der Waals surface area contributed by atoms with Crippen molar-refractivity contribution in [3.63, 3.8) is 0 Å². The van der Waals surface area contributed by atoms with E-state index in [0.717, 1.165) is 5.57 Å². The normalized spacial score (nSPS) is 26.9. The van der Waals surface area contributed by atoms with Gasteiger partial charge in [0.2, 0.25) is 0 Å². The highest BCUT2D eigenvalue weighted by Gasteiger charge is 2.07. The maximum Gasteiger partial charge on any atom is 0.0875 e. The Bertz CT molecular complexity index is 228. The van der Waals surface area contributed by atoms with Crippen molar-refractivity contribution in [3.05, 3.63) is 35.8 Å². The van der Waals surface area contributed by atoms with Crippen LogP contribution in [0.4, 0.5) is 0 Å². The molecule has 0 fully saturated rings. The van der Waals surface area contributed by atoms with Crippen LogP contribution in [0.15, 0.2) is 35.8 Å². The van der Waals surface area contributed by atoms with E-state index in [1.807, 2.05) is 6.08 Å². The molecule has 1 unspecified atom stereocenters. The van der Waals surface area contributed by atoms with Crippen molar-refractivity contribution in [2.24, 2.45) is 11.5 Å². The summed E-state index contributed by atoms with van der Waals surface area (Å²) in [5.41, 5.74) is 12.8. The van der Waals surface area contributed by atoms with Gasteiger partial charge in [-0.1, -0.05) is 6.08 Å². The van der Waals surface area contributed by atoms with Gasteiger partial charge in [0, 0.05) is 11.3 Å². The highest BCUT2D eigenvalue weighted by molar-refractivity contribution is 5.38. The summed E-state index contributed by atoms with van der Waals surface area (Å²) in [6.07, 6.45) is 7.05. The molecule has 0 saturated heterocycles. The minimum Gasteiger partial charge on any atom is -0.504 e. The van der Waals surface area contributed by atoms with E-state index in [-0.39, 0.29) is 6.04 Å². The summed E-state index contributed by atoms with van der Waals surface area (Å²) in [5.74, 6) is 0. The standard InChI is InChI=1S/C8H12N2O/c1-11-5-6-2-3-7(9)4-8(6)10/h2-5,8H,9-10H2,1H3/b6-5-. The van der Waals surface area contributed by atoms with Crippen molar-refractivity contribution in [2.75, 3.05) is 7.11 Å². The summed E-state index contributed by atoms with van der Waals surface area (Å²) in [5, 5.41) is 0. The molecule has 0 aromatic heterocycles. The third-order valence-electron chi connectivity index (χ3n) is 1.48. The summed E-state index contributed by atoms with van der Waals surface area (Å²) in [4.78, 5) is 0. The molecular weight excluding hydrogens is 140 g/mol. The molecule has 0 amide bonds. The van der Waals surface area contributed by atoms with Gasteiger partial charge in [-0.15, -0.1) is 0 Å². The van der Waals surface area contributed by atoms with Gasteiger partial charge in [-0.05, 0) is 12.2 Å². The lowest BCUT2D eigenvalue weighted by Gasteiger charge is -2.12. The van der Waals surface area contributed by atoms with Crippen molar-refractivity contribution >= 4 is 0 Å². The fourth-order valence-corrected chi connectivity index (χ4v) is 0.917. The van der Waals surface area contributed by atoms with Gasteiger partial charge in [0.1, 0.15) is 0 Å². The number of hydrogen-bond acceptors (Lipinski definition) is 3. The van der Waals surface area contributed by atoms with Crippen molar-refractivity contribution in [1.29, 1.82) is 0 Å². The molecular formula is C8H12N2O. The lowest BCUT2D eigenvalue weighted by atomic mass is 10.0. The van der Waals surface area contributed by atoms with E-state index in [4.69, 9.17) is 16.2 Å². The molecule has 1 aliphatic carbocycles. The Hall–Kier alpha value is -1.22. The Morgan fingerprint density at radius 3 is 2.82 bits per heavy atom. The van der Waals surface area contributed by atoms with Crippen LogP contribution in [-0.4, -0.2) is 13.2 Å². The van der Waals surface area contributed by atoms with E-state index < -0.39 is 0 Å². The third-order valence-corrected chi connectivity index (χ3v) is 1.48. The highest BCUT2D eigenvalue weighted by Crippen LogP contribution is 2.11. The fraction of sp³-hybridized carbons (Fsp3) is 0.250. The smallest absolute Gasteiger partial charge is 0.0875 e. The van der Waals surface area contributed by atoms with Crippen LogP contribution < -0.4 is 11.5 Å². The van der Waals surface area contributed by atoms with Gasteiger partial charge in [0.25, 0.3) is 0 Å². The predicted octanol–water partition coefficient (Wildman–Crippen LogP) is 0.256. The first kappa shape index (κ1) is 7.88. The molecule has 4 N–H and O–H groups in total. The van der Waals surface area contributed by atoms with Gasteiger partial charge >= 0.3 is 0 Å². The molecule has 3 heteroatoms. The molecule has 0 heterocycles. The van der Waals surface area contributed by atoms with Crippen LogP contribution in [0.2, 0.25) is 0 Å². The molecule has 11 heavy (non-hydrogen) atoms. The number of allylic oxidation sites excluding steroid dienone is 1.